The molecule has 1 atom stereocenters. The van der Waals surface area contributed by atoms with E-state index >= 15 is 0 Å². The molecule has 0 aromatic carbocycles. The molecular weight excluding hydrogens is 300 g/mol. The molecule has 92 valence electrons. The quantitative estimate of drug-likeness (QED) is 0.796. The van der Waals surface area contributed by atoms with Gasteiger partial charge in [-0.1, -0.05) is 28.9 Å². The molecule has 0 bridgehead atoms. The minimum atomic E-state index is -0.131. The van der Waals surface area contributed by atoms with Crippen molar-refractivity contribution in [3.8, 4) is 0 Å². The number of hydrogen-bond acceptors (Lipinski definition) is 3. The van der Waals surface area contributed by atoms with E-state index in [0.29, 0.717) is 0 Å². The Labute approximate surface area is 114 Å². The second kappa shape index (κ2) is 5.40. The van der Waals surface area contributed by atoms with E-state index in [1.165, 1.54) is 5.57 Å². The Morgan fingerprint density at radius 3 is 3.06 bits per heavy atom. The average Bonchev–Trinajstić information content (AvgIpc) is 2.49. The van der Waals surface area contributed by atoms with Crippen molar-refractivity contribution in [2.45, 2.75) is 31.0 Å². The summed E-state index contributed by atoms with van der Waals surface area (Å²) in [5, 5.41) is 3.91. The van der Waals surface area contributed by atoms with E-state index in [9.17, 15) is 4.79 Å². The third-order valence-electron chi connectivity index (χ3n) is 2.96. The zero-order chi connectivity index (χ0) is 12.4. The SMILES string of the molecule is CCC1=C(SC)N=C2NC(=O)C(Br)CC2=CC1. The van der Waals surface area contributed by atoms with Gasteiger partial charge in [0.1, 0.15) is 5.84 Å². The number of carbonyl (C=O) groups is 1. The van der Waals surface area contributed by atoms with Crippen LogP contribution < -0.4 is 5.32 Å². The summed E-state index contributed by atoms with van der Waals surface area (Å²) < 4.78 is 0. The predicted molar refractivity (Wildman–Crippen MR) is 76.4 cm³/mol. The van der Waals surface area contributed by atoms with Gasteiger partial charge in [-0.3, -0.25) is 4.79 Å². The number of nitrogens with one attached hydrogen (secondary N) is 1. The van der Waals surface area contributed by atoms with Gasteiger partial charge in [0, 0.05) is 0 Å². The minimum absolute atomic E-state index is 0.00121. The highest BCUT2D eigenvalue weighted by Gasteiger charge is 2.28. The van der Waals surface area contributed by atoms with Crippen molar-refractivity contribution >= 4 is 39.4 Å². The third-order valence-corrected chi connectivity index (χ3v) is 4.47. The molecule has 0 spiro atoms. The van der Waals surface area contributed by atoms with E-state index in [-0.39, 0.29) is 10.7 Å². The molecule has 2 aliphatic heterocycles. The highest BCUT2D eigenvalue weighted by Crippen LogP contribution is 2.30. The molecule has 1 amide bonds. The molecule has 3 nitrogen and oxygen atoms in total. The van der Waals surface area contributed by atoms with Crippen LogP contribution in [0.4, 0.5) is 0 Å². The number of amidine groups is 1. The molecule has 0 aliphatic carbocycles. The second-order valence-corrected chi connectivity index (χ2v) is 5.92. The van der Waals surface area contributed by atoms with Crippen molar-refractivity contribution in [2.24, 2.45) is 4.99 Å². The van der Waals surface area contributed by atoms with Crippen LogP contribution in [0, 0.1) is 0 Å². The highest BCUT2D eigenvalue weighted by molar-refractivity contribution is 9.10. The number of allylic oxidation sites excluding steroid dienone is 2. The smallest absolute Gasteiger partial charge is 0.239 e. The summed E-state index contributed by atoms with van der Waals surface area (Å²) >= 11 is 5.02. The maximum atomic E-state index is 11.6. The van der Waals surface area contributed by atoms with Crippen LogP contribution >= 0.6 is 27.7 Å². The number of carbonyl (C=O) groups excluding carboxylic acids is 1. The summed E-state index contributed by atoms with van der Waals surface area (Å²) in [4.78, 5) is 16.1. The van der Waals surface area contributed by atoms with Gasteiger partial charge in [0.25, 0.3) is 0 Å². The summed E-state index contributed by atoms with van der Waals surface area (Å²) in [5.41, 5.74) is 2.48. The van der Waals surface area contributed by atoms with Crippen molar-refractivity contribution < 1.29 is 4.79 Å². The Balaban J connectivity index is 2.36. The number of thioether (sulfide) groups is 1. The lowest BCUT2D eigenvalue weighted by Gasteiger charge is -2.21. The van der Waals surface area contributed by atoms with Crippen molar-refractivity contribution in [1.82, 2.24) is 5.32 Å². The molecule has 1 unspecified atom stereocenters. The van der Waals surface area contributed by atoms with Crippen LogP contribution in [0.1, 0.15) is 26.2 Å². The number of aliphatic imine (C=N–C) groups is 1. The Hall–Kier alpha value is -0.550. The zero-order valence-electron chi connectivity index (χ0n) is 9.92. The van der Waals surface area contributed by atoms with E-state index in [2.05, 4.69) is 39.2 Å². The monoisotopic (exact) mass is 314 g/mol. The molecule has 0 saturated carbocycles. The first kappa shape index (κ1) is 12.9. The average molecular weight is 315 g/mol. The van der Waals surface area contributed by atoms with Crippen LogP contribution in [-0.4, -0.2) is 22.8 Å². The lowest BCUT2D eigenvalue weighted by atomic mass is 10.0. The van der Waals surface area contributed by atoms with Gasteiger partial charge in [0.2, 0.25) is 5.91 Å². The van der Waals surface area contributed by atoms with Crippen molar-refractivity contribution in [3.05, 3.63) is 22.3 Å². The topological polar surface area (TPSA) is 41.5 Å². The fraction of sp³-hybridized carbons (Fsp3) is 0.500. The maximum absolute atomic E-state index is 11.6. The number of halogens is 1. The Morgan fingerprint density at radius 1 is 1.65 bits per heavy atom. The van der Waals surface area contributed by atoms with Crippen molar-refractivity contribution in [3.63, 3.8) is 0 Å². The normalized spacial score (nSPS) is 24.6. The predicted octanol–water partition coefficient (Wildman–Crippen LogP) is 2.98. The van der Waals surface area contributed by atoms with Gasteiger partial charge in [0.15, 0.2) is 0 Å². The number of alkyl halides is 1. The molecule has 17 heavy (non-hydrogen) atoms. The molecule has 0 aromatic rings. The summed E-state index contributed by atoms with van der Waals surface area (Å²) in [6, 6.07) is 0. The number of piperidine rings is 1. The van der Waals surface area contributed by atoms with Crippen molar-refractivity contribution in [2.75, 3.05) is 6.26 Å². The van der Waals surface area contributed by atoms with Gasteiger partial charge >= 0.3 is 0 Å². The van der Waals surface area contributed by atoms with E-state index < -0.39 is 0 Å². The van der Waals surface area contributed by atoms with Crippen LogP contribution in [0.3, 0.4) is 0 Å². The summed E-state index contributed by atoms with van der Waals surface area (Å²) in [5.74, 6) is 0.736. The molecule has 1 fully saturated rings. The standard InChI is InChI=1S/C12H15BrN2OS/c1-3-7-4-5-8-6-9(13)11(16)14-10(8)15-12(7)17-2/h5,9H,3-4,6H2,1-2H3,(H,14,15,16). The molecule has 5 heteroatoms. The Bertz CT molecular complexity index is 440. The number of rotatable bonds is 2. The largest absolute Gasteiger partial charge is 0.309 e. The number of hydrogen-bond donors (Lipinski definition) is 1. The van der Waals surface area contributed by atoms with Gasteiger partial charge in [-0.15, -0.1) is 11.8 Å². The molecule has 0 aromatic heterocycles. The molecular formula is C12H15BrN2OS. The van der Waals surface area contributed by atoms with E-state index in [1.807, 2.05) is 6.26 Å². The molecule has 2 heterocycles. The fourth-order valence-corrected chi connectivity index (χ4v) is 3.10. The Kier molecular flexibility index (Phi) is 4.09. The van der Waals surface area contributed by atoms with Crippen LogP contribution in [0.15, 0.2) is 27.2 Å². The first-order valence-electron chi connectivity index (χ1n) is 5.64. The highest BCUT2D eigenvalue weighted by atomic mass is 79.9. The van der Waals surface area contributed by atoms with Crippen LogP contribution in [0.5, 0.6) is 0 Å². The van der Waals surface area contributed by atoms with Gasteiger partial charge in [0.05, 0.1) is 9.86 Å². The lowest BCUT2D eigenvalue weighted by Crippen LogP contribution is -2.42. The van der Waals surface area contributed by atoms with E-state index in [4.69, 9.17) is 0 Å². The molecule has 0 radical (unpaired) electrons. The number of nitrogens with zero attached hydrogens (tertiary/aromatic N) is 1. The van der Waals surface area contributed by atoms with Gasteiger partial charge in [-0.25, -0.2) is 4.99 Å². The van der Waals surface area contributed by atoms with E-state index in [0.717, 1.165) is 35.7 Å². The molecule has 1 N–H and O–H groups in total. The van der Waals surface area contributed by atoms with Crippen LogP contribution in [0.2, 0.25) is 0 Å². The van der Waals surface area contributed by atoms with Crippen molar-refractivity contribution in [1.29, 1.82) is 0 Å². The zero-order valence-corrected chi connectivity index (χ0v) is 12.3. The van der Waals surface area contributed by atoms with Crippen LogP contribution in [-0.2, 0) is 4.79 Å². The fourth-order valence-electron chi connectivity index (χ4n) is 1.94. The van der Waals surface area contributed by atoms with Gasteiger partial charge in [-0.2, -0.15) is 0 Å². The Morgan fingerprint density at radius 2 is 2.41 bits per heavy atom. The maximum Gasteiger partial charge on any atom is 0.239 e. The summed E-state index contributed by atoms with van der Waals surface area (Å²) in [7, 11) is 0. The van der Waals surface area contributed by atoms with Gasteiger partial charge in [-0.05, 0) is 36.7 Å². The summed E-state index contributed by atoms with van der Waals surface area (Å²) in [6.07, 6.45) is 6.88. The molecule has 1 saturated heterocycles. The second-order valence-electron chi connectivity index (χ2n) is 4.02. The van der Waals surface area contributed by atoms with Gasteiger partial charge < -0.3 is 5.32 Å². The molecule has 2 aliphatic rings. The first-order valence-corrected chi connectivity index (χ1v) is 7.78. The van der Waals surface area contributed by atoms with Crippen LogP contribution in [0.25, 0.3) is 0 Å². The van der Waals surface area contributed by atoms with E-state index in [1.54, 1.807) is 11.8 Å². The minimum Gasteiger partial charge on any atom is -0.309 e. The lowest BCUT2D eigenvalue weighted by molar-refractivity contribution is -0.119. The first-order chi connectivity index (χ1) is 8.15. The summed E-state index contributed by atoms with van der Waals surface area (Å²) in [6.45, 7) is 2.14. The number of amides is 1. The number of fused-ring (bicyclic) bond motifs is 1. The molecule has 2 rings (SSSR count). The third kappa shape index (κ3) is 2.65.